The van der Waals surface area contributed by atoms with Crippen LogP contribution in [0.3, 0.4) is 0 Å². The van der Waals surface area contributed by atoms with Gasteiger partial charge in [0.1, 0.15) is 11.9 Å². The van der Waals surface area contributed by atoms with Crippen molar-refractivity contribution in [3.63, 3.8) is 0 Å². The molecular weight excluding hydrogens is 294 g/mol. The SMILES string of the molecule is Cc1nc([C@H]2CN(C(=O)CCCc3ccccn3)CCO2)n[nH]1. The van der Waals surface area contributed by atoms with E-state index in [0.29, 0.717) is 31.9 Å². The van der Waals surface area contributed by atoms with Crippen molar-refractivity contribution in [1.29, 1.82) is 0 Å². The van der Waals surface area contributed by atoms with Crippen molar-refractivity contribution in [2.45, 2.75) is 32.3 Å². The molecule has 23 heavy (non-hydrogen) atoms. The average molecular weight is 315 g/mol. The first kappa shape index (κ1) is 15.6. The predicted molar refractivity (Wildman–Crippen MR) is 83.6 cm³/mol. The first-order valence-electron chi connectivity index (χ1n) is 7.90. The fourth-order valence-electron chi connectivity index (χ4n) is 2.66. The van der Waals surface area contributed by atoms with E-state index in [1.54, 1.807) is 6.20 Å². The molecule has 7 heteroatoms. The highest BCUT2D eigenvalue weighted by atomic mass is 16.5. The summed E-state index contributed by atoms with van der Waals surface area (Å²) in [6.45, 7) is 3.51. The van der Waals surface area contributed by atoms with Crippen LogP contribution in [0.5, 0.6) is 0 Å². The number of carbonyl (C=O) groups excluding carboxylic acids is 1. The summed E-state index contributed by atoms with van der Waals surface area (Å²) in [5.74, 6) is 1.53. The third kappa shape index (κ3) is 4.13. The molecule has 3 rings (SSSR count). The van der Waals surface area contributed by atoms with Crippen LogP contribution in [0.15, 0.2) is 24.4 Å². The van der Waals surface area contributed by atoms with E-state index in [-0.39, 0.29) is 12.0 Å². The molecule has 122 valence electrons. The molecule has 1 aliphatic rings. The summed E-state index contributed by atoms with van der Waals surface area (Å²) in [6.07, 6.45) is 3.69. The third-order valence-electron chi connectivity index (χ3n) is 3.87. The number of aromatic nitrogens is 4. The van der Waals surface area contributed by atoms with E-state index in [9.17, 15) is 4.79 Å². The second-order valence-corrected chi connectivity index (χ2v) is 5.65. The number of H-pyrrole nitrogens is 1. The molecule has 0 saturated carbocycles. The van der Waals surface area contributed by atoms with Crippen molar-refractivity contribution >= 4 is 5.91 Å². The molecule has 1 amide bonds. The first-order chi connectivity index (χ1) is 11.2. The topological polar surface area (TPSA) is 84.0 Å². The molecule has 3 heterocycles. The lowest BCUT2D eigenvalue weighted by atomic mass is 10.1. The van der Waals surface area contributed by atoms with Crippen molar-refractivity contribution in [3.8, 4) is 0 Å². The van der Waals surface area contributed by atoms with Crippen LogP contribution in [-0.2, 0) is 16.0 Å². The molecule has 0 aromatic carbocycles. The number of aromatic amines is 1. The Bertz CT molecular complexity index is 643. The lowest BCUT2D eigenvalue weighted by Crippen LogP contribution is -2.42. The summed E-state index contributed by atoms with van der Waals surface area (Å²) in [4.78, 5) is 22.8. The van der Waals surface area contributed by atoms with Gasteiger partial charge < -0.3 is 9.64 Å². The van der Waals surface area contributed by atoms with Gasteiger partial charge in [-0.15, -0.1) is 0 Å². The van der Waals surface area contributed by atoms with Crippen LogP contribution in [-0.4, -0.2) is 50.7 Å². The van der Waals surface area contributed by atoms with Gasteiger partial charge in [-0.05, 0) is 31.9 Å². The molecule has 2 aromatic heterocycles. The van der Waals surface area contributed by atoms with E-state index in [0.717, 1.165) is 24.4 Å². The number of carbonyl (C=O) groups is 1. The van der Waals surface area contributed by atoms with Crippen molar-refractivity contribution in [2.24, 2.45) is 0 Å². The zero-order chi connectivity index (χ0) is 16.1. The molecule has 1 N–H and O–H groups in total. The Hall–Kier alpha value is -2.28. The summed E-state index contributed by atoms with van der Waals surface area (Å²) in [5.41, 5.74) is 1.02. The highest BCUT2D eigenvalue weighted by Gasteiger charge is 2.27. The van der Waals surface area contributed by atoms with Gasteiger partial charge in [-0.2, -0.15) is 5.10 Å². The monoisotopic (exact) mass is 315 g/mol. The Balaban J connectivity index is 1.49. The van der Waals surface area contributed by atoms with Crippen LogP contribution in [0.25, 0.3) is 0 Å². The number of rotatable bonds is 5. The van der Waals surface area contributed by atoms with Gasteiger partial charge in [0.25, 0.3) is 0 Å². The molecule has 1 aliphatic heterocycles. The Labute approximate surface area is 135 Å². The highest BCUT2D eigenvalue weighted by Crippen LogP contribution is 2.20. The number of morpholine rings is 1. The summed E-state index contributed by atoms with van der Waals surface area (Å²) in [5, 5.41) is 6.94. The number of ether oxygens (including phenoxy) is 1. The van der Waals surface area contributed by atoms with Crippen LogP contribution in [0, 0.1) is 6.92 Å². The van der Waals surface area contributed by atoms with Crippen LogP contribution >= 0.6 is 0 Å². The molecule has 0 unspecified atom stereocenters. The fraction of sp³-hybridized carbons (Fsp3) is 0.500. The third-order valence-corrected chi connectivity index (χ3v) is 3.87. The number of nitrogens with one attached hydrogen (secondary N) is 1. The van der Waals surface area contributed by atoms with Crippen LogP contribution < -0.4 is 0 Å². The van der Waals surface area contributed by atoms with E-state index in [2.05, 4.69) is 20.2 Å². The molecule has 1 saturated heterocycles. The normalized spacial score (nSPS) is 18.1. The van der Waals surface area contributed by atoms with Gasteiger partial charge in [-0.3, -0.25) is 14.9 Å². The molecule has 2 aromatic rings. The molecule has 1 atom stereocenters. The van der Waals surface area contributed by atoms with Gasteiger partial charge in [0.05, 0.1) is 13.2 Å². The highest BCUT2D eigenvalue weighted by molar-refractivity contribution is 5.76. The van der Waals surface area contributed by atoms with Gasteiger partial charge in [-0.25, -0.2) is 4.98 Å². The summed E-state index contributed by atoms with van der Waals surface area (Å²) in [6, 6.07) is 5.85. The first-order valence-corrected chi connectivity index (χ1v) is 7.90. The molecule has 0 aliphatic carbocycles. The number of amides is 1. The molecular formula is C16H21N5O2. The van der Waals surface area contributed by atoms with E-state index >= 15 is 0 Å². The van der Waals surface area contributed by atoms with Gasteiger partial charge in [-0.1, -0.05) is 6.07 Å². The Kier molecular flexibility index (Phi) is 4.97. The van der Waals surface area contributed by atoms with E-state index < -0.39 is 0 Å². The number of aryl methyl sites for hydroxylation is 2. The summed E-state index contributed by atoms with van der Waals surface area (Å²) in [7, 11) is 0. The maximum absolute atomic E-state index is 12.4. The van der Waals surface area contributed by atoms with Crippen LogP contribution in [0.1, 0.15) is 36.3 Å². The van der Waals surface area contributed by atoms with E-state index in [1.807, 2.05) is 30.0 Å². The Morgan fingerprint density at radius 2 is 2.39 bits per heavy atom. The Morgan fingerprint density at radius 3 is 3.13 bits per heavy atom. The van der Waals surface area contributed by atoms with Crippen molar-refractivity contribution in [1.82, 2.24) is 25.1 Å². The summed E-state index contributed by atoms with van der Waals surface area (Å²) >= 11 is 0. The number of pyridine rings is 1. The molecule has 1 fully saturated rings. The number of nitrogens with zero attached hydrogens (tertiary/aromatic N) is 4. The second kappa shape index (κ2) is 7.32. The Morgan fingerprint density at radius 1 is 1.48 bits per heavy atom. The summed E-state index contributed by atoms with van der Waals surface area (Å²) < 4.78 is 5.68. The predicted octanol–water partition coefficient (Wildman–Crippen LogP) is 1.43. The van der Waals surface area contributed by atoms with Gasteiger partial charge >= 0.3 is 0 Å². The quantitative estimate of drug-likeness (QED) is 0.902. The lowest BCUT2D eigenvalue weighted by molar-refractivity contribution is -0.139. The smallest absolute Gasteiger partial charge is 0.222 e. The molecule has 0 radical (unpaired) electrons. The fourth-order valence-corrected chi connectivity index (χ4v) is 2.66. The maximum atomic E-state index is 12.4. The van der Waals surface area contributed by atoms with E-state index in [1.165, 1.54) is 0 Å². The van der Waals surface area contributed by atoms with Crippen molar-refractivity contribution in [2.75, 3.05) is 19.7 Å². The van der Waals surface area contributed by atoms with Crippen LogP contribution in [0.2, 0.25) is 0 Å². The van der Waals surface area contributed by atoms with Crippen molar-refractivity contribution in [3.05, 3.63) is 41.7 Å². The minimum absolute atomic E-state index is 0.154. The largest absolute Gasteiger partial charge is 0.366 e. The molecule has 0 spiro atoms. The van der Waals surface area contributed by atoms with Crippen LogP contribution in [0.4, 0.5) is 0 Å². The zero-order valence-corrected chi connectivity index (χ0v) is 13.2. The van der Waals surface area contributed by atoms with Gasteiger partial charge in [0.2, 0.25) is 5.91 Å². The van der Waals surface area contributed by atoms with Gasteiger partial charge in [0.15, 0.2) is 5.82 Å². The average Bonchev–Trinajstić information content (AvgIpc) is 3.02. The second-order valence-electron chi connectivity index (χ2n) is 5.65. The molecule has 7 nitrogen and oxygen atoms in total. The van der Waals surface area contributed by atoms with Crippen molar-refractivity contribution < 1.29 is 9.53 Å². The lowest BCUT2D eigenvalue weighted by Gasteiger charge is -2.31. The van der Waals surface area contributed by atoms with E-state index in [4.69, 9.17) is 4.74 Å². The maximum Gasteiger partial charge on any atom is 0.222 e. The molecule has 0 bridgehead atoms. The zero-order valence-electron chi connectivity index (χ0n) is 13.2. The number of hydrogen-bond acceptors (Lipinski definition) is 5. The minimum atomic E-state index is -0.242. The number of hydrogen-bond donors (Lipinski definition) is 1. The minimum Gasteiger partial charge on any atom is -0.366 e. The van der Waals surface area contributed by atoms with Gasteiger partial charge in [0, 0.05) is 24.9 Å². The standard InChI is InChI=1S/C16H21N5O2/c1-12-18-16(20-19-12)14-11-21(9-10-23-14)15(22)7-4-6-13-5-2-3-8-17-13/h2-3,5,8,14H,4,6-7,9-11H2,1H3,(H,18,19,20)/t14-/m1/s1.